The molecule has 0 N–H and O–H groups in total. The van der Waals surface area contributed by atoms with Crippen molar-refractivity contribution in [2.24, 2.45) is 0 Å². The molecule has 0 aliphatic carbocycles. The number of carbonyl (C=O) groups is 1. The highest BCUT2D eigenvalue weighted by molar-refractivity contribution is 7.09. The van der Waals surface area contributed by atoms with Crippen LogP contribution in [0, 0.1) is 6.92 Å². The molecule has 0 radical (unpaired) electrons. The number of ether oxygens (including phenoxy) is 1. The molecule has 0 saturated heterocycles. The number of thiazole rings is 1. The fourth-order valence-electron chi connectivity index (χ4n) is 1.75. The second-order valence-corrected chi connectivity index (χ2v) is 5.27. The Labute approximate surface area is 117 Å². The van der Waals surface area contributed by atoms with E-state index in [1.165, 1.54) is 11.3 Å². The summed E-state index contributed by atoms with van der Waals surface area (Å²) < 4.78 is 5.61. The Hall–Kier alpha value is -1.68. The number of para-hydroxylation sites is 1. The Morgan fingerprint density at radius 2 is 2.16 bits per heavy atom. The first kappa shape index (κ1) is 13.7. The number of nitrogens with zero attached hydrogens (tertiary/aromatic N) is 1. The van der Waals surface area contributed by atoms with E-state index in [0.717, 1.165) is 17.1 Å². The van der Waals surface area contributed by atoms with Gasteiger partial charge in [-0.2, -0.15) is 0 Å². The van der Waals surface area contributed by atoms with E-state index in [1.54, 1.807) is 0 Å². The van der Waals surface area contributed by atoms with E-state index in [-0.39, 0.29) is 5.78 Å². The standard InChI is InChI=1S/C15H17NO2S/c1-3-8-18-14-7-5-4-6-12(14)13(17)9-15-16-11(2)10-19-15/h4-7,10H,3,8-9H2,1-2H3. The minimum Gasteiger partial charge on any atom is -0.493 e. The zero-order valence-electron chi connectivity index (χ0n) is 11.2. The average molecular weight is 275 g/mol. The third kappa shape index (κ3) is 3.64. The maximum atomic E-state index is 12.3. The molecule has 0 aliphatic heterocycles. The summed E-state index contributed by atoms with van der Waals surface area (Å²) in [6.07, 6.45) is 1.26. The molecule has 0 saturated carbocycles. The van der Waals surface area contributed by atoms with Crippen LogP contribution in [-0.4, -0.2) is 17.4 Å². The van der Waals surface area contributed by atoms with Crippen LogP contribution >= 0.6 is 11.3 Å². The topological polar surface area (TPSA) is 39.2 Å². The highest BCUT2D eigenvalue weighted by atomic mass is 32.1. The van der Waals surface area contributed by atoms with Gasteiger partial charge in [0.15, 0.2) is 5.78 Å². The van der Waals surface area contributed by atoms with Crippen LogP contribution in [0.5, 0.6) is 5.75 Å². The molecule has 0 unspecified atom stereocenters. The van der Waals surface area contributed by atoms with E-state index >= 15 is 0 Å². The van der Waals surface area contributed by atoms with Gasteiger partial charge in [0, 0.05) is 11.1 Å². The van der Waals surface area contributed by atoms with Crippen molar-refractivity contribution < 1.29 is 9.53 Å². The van der Waals surface area contributed by atoms with Gasteiger partial charge in [0.1, 0.15) is 10.8 Å². The lowest BCUT2D eigenvalue weighted by molar-refractivity contribution is 0.0989. The van der Waals surface area contributed by atoms with Crippen molar-refractivity contribution >= 4 is 17.1 Å². The molecule has 0 spiro atoms. The van der Waals surface area contributed by atoms with Gasteiger partial charge >= 0.3 is 0 Å². The number of Topliss-reactive ketones (excluding diaryl/α,β-unsaturated/α-hetero) is 1. The molecule has 3 nitrogen and oxygen atoms in total. The van der Waals surface area contributed by atoms with Gasteiger partial charge in [0.25, 0.3) is 0 Å². The first-order valence-electron chi connectivity index (χ1n) is 6.36. The van der Waals surface area contributed by atoms with E-state index in [0.29, 0.717) is 24.3 Å². The number of ketones is 1. The van der Waals surface area contributed by atoms with Crippen molar-refractivity contribution in [2.75, 3.05) is 6.61 Å². The molecule has 2 rings (SSSR count). The summed E-state index contributed by atoms with van der Waals surface area (Å²) in [6, 6.07) is 7.40. The average Bonchev–Trinajstić information content (AvgIpc) is 2.82. The van der Waals surface area contributed by atoms with Gasteiger partial charge in [-0.05, 0) is 25.5 Å². The van der Waals surface area contributed by atoms with Crippen LogP contribution in [0.2, 0.25) is 0 Å². The van der Waals surface area contributed by atoms with Crippen LogP contribution in [0.1, 0.15) is 34.4 Å². The molecule has 100 valence electrons. The third-order valence-corrected chi connectivity index (χ3v) is 3.59. The fourth-order valence-corrected chi connectivity index (χ4v) is 2.52. The minimum atomic E-state index is 0.0565. The summed E-state index contributed by atoms with van der Waals surface area (Å²) in [5.74, 6) is 0.726. The molecule has 1 aromatic heterocycles. The van der Waals surface area contributed by atoms with Crippen molar-refractivity contribution in [1.82, 2.24) is 4.98 Å². The third-order valence-electron chi connectivity index (χ3n) is 2.63. The van der Waals surface area contributed by atoms with Gasteiger partial charge in [-0.3, -0.25) is 4.79 Å². The Bertz CT molecular complexity index is 563. The largest absolute Gasteiger partial charge is 0.493 e. The maximum Gasteiger partial charge on any atom is 0.173 e. The molecule has 0 bridgehead atoms. The Balaban J connectivity index is 2.14. The van der Waals surface area contributed by atoms with Gasteiger partial charge < -0.3 is 4.74 Å². The van der Waals surface area contributed by atoms with Crippen molar-refractivity contribution in [3.63, 3.8) is 0 Å². The number of benzene rings is 1. The van der Waals surface area contributed by atoms with Crippen molar-refractivity contribution in [3.8, 4) is 5.75 Å². The molecular formula is C15H17NO2S. The molecule has 2 aromatic rings. The van der Waals surface area contributed by atoms with E-state index < -0.39 is 0 Å². The summed E-state index contributed by atoms with van der Waals surface area (Å²) in [5, 5.41) is 2.81. The van der Waals surface area contributed by atoms with Crippen molar-refractivity contribution in [2.45, 2.75) is 26.7 Å². The number of hydrogen-bond donors (Lipinski definition) is 0. The van der Waals surface area contributed by atoms with E-state index in [4.69, 9.17) is 4.74 Å². The molecule has 0 aliphatic rings. The summed E-state index contributed by atoms with van der Waals surface area (Å²) in [5.41, 5.74) is 1.60. The van der Waals surface area contributed by atoms with Crippen molar-refractivity contribution in [3.05, 3.63) is 45.9 Å². The quantitative estimate of drug-likeness (QED) is 0.755. The second-order valence-electron chi connectivity index (χ2n) is 4.33. The van der Waals surface area contributed by atoms with E-state index in [2.05, 4.69) is 4.98 Å². The zero-order valence-corrected chi connectivity index (χ0v) is 12.0. The Kier molecular flexibility index (Phi) is 4.68. The van der Waals surface area contributed by atoms with Crippen molar-refractivity contribution in [1.29, 1.82) is 0 Å². The monoisotopic (exact) mass is 275 g/mol. The van der Waals surface area contributed by atoms with Gasteiger partial charge in [0.05, 0.1) is 18.6 Å². The Morgan fingerprint density at radius 3 is 2.84 bits per heavy atom. The lowest BCUT2D eigenvalue weighted by atomic mass is 10.1. The maximum absolute atomic E-state index is 12.3. The number of aromatic nitrogens is 1. The highest BCUT2D eigenvalue weighted by Gasteiger charge is 2.14. The van der Waals surface area contributed by atoms with Crippen LogP contribution in [0.25, 0.3) is 0 Å². The first-order chi connectivity index (χ1) is 9.20. The van der Waals surface area contributed by atoms with Crippen LogP contribution < -0.4 is 4.74 Å². The lowest BCUT2D eigenvalue weighted by Crippen LogP contribution is -2.07. The predicted molar refractivity (Wildman–Crippen MR) is 77.1 cm³/mol. The highest BCUT2D eigenvalue weighted by Crippen LogP contribution is 2.21. The summed E-state index contributed by atoms with van der Waals surface area (Å²) >= 11 is 1.52. The SMILES string of the molecule is CCCOc1ccccc1C(=O)Cc1nc(C)cs1. The summed E-state index contributed by atoms with van der Waals surface area (Å²) in [7, 11) is 0. The molecule has 1 aromatic carbocycles. The molecule has 1 heterocycles. The predicted octanol–water partition coefficient (Wildman–Crippen LogP) is 3.67. The van der Waals surface area contributed by atoms with Crippen LogP contribution in [0.15, 0.2) is 29.6 Å². The first-order valence-corrected chi connectivity index (χ1v) is 7.24. The number of aryl methyl sites for hydroxylation is 1. The molecular weight excluding hydrogens is 258 g/mol. The molecule has 0 amide bonds. The van der Waals surface area contributed by atoms with Crippen LogP contribution in [0.4, 0.5) is 0 Å². The fraction of sp³-hybridized carbons (Fsp3) is 0.333. The second kappa shape index (κ2) is 6.48. The van der Waals surface area contributed by atoms with Gasteiger partial charge in [-0.25, -0.2) is 4.98 Å². The zero-order chi connectivity index (χ0) is 13.7. The van der Waals surface area contributed by atoms with E-state index in [1.807, 2.05) is 43.5 Å². The minimum absolute atomic E-state index is 0.0565. The number of hydrogen-bond acceptors (Lipinski definition) is 4. The molecule has 0 atom stereocenters. The smallest absolute Gasteiger partial charge is 0.173 e. The molecule has 4 heteroatoms. The lowest BCUT2D eigenvalue weighted by Gasteiger charge is -2.09. The van der Waals surface area contributed by atoms with Gasteiger partial charge in [-0.15, -0.1) is 11.3 Å². The summed E-state index contributed by atoms with van der Waals surface area (Å²) in [4.78, 5) is 16.6. The van der Waals surface area contributed by atoms with E-state index in [9.17, 15) is 4.79 Å². The Morgan fingerprint density at radius 1 is 1.37 bits per heavy atom. The van der Waals surface area contributed by atoms with Crippen LogP contribution in [0.3, 0.4) is 0 Å². The molecule has 19 heavy (non-hydrogen) atoms. The van der Waals surface area contributed by atoms with Gasteiger partial charge in [-0.1, -0.05) is 19.1 Å². The number of rotatable bonds is 6. The van der Waals surface area contributed by atoms with Gasteiger partial charge in [0.2, 0.25) is 0 Å². The normalized spacial score (nSPS) is 10.4. The van der Waals surface area contributed by atoms with Crippen LogP contribution in [-0.2, 0) is 6.42 Å². The molecule has 0 fully saturated rings. The summed E-state index contributed by atoms with van der Waals surface area (Å²) in [6.45, 7) is 4.60. The number of carbonyl (C=O) groups excluding carboxylic acids is 1.